The number of alkyl halides is 2. The summed E-state index contributed by atoms with van der Waals surface area (Å²) in [6.07, 6.45) is 0.119. The predicted octanol–water partition coefficient (Wildman–Crippen LogP) is 2.09. The van der Waals surface area contributed by atoms with Gasteiger partial charge in [-0.1, -0.05) is 11.3 Å². The monoisotopic (exact) mass is 488 g/mol. The van der Waals surface area contributed by atoms with Crippen LogP contribution < -0.4 is 10.1 Å². The van der Waals surface area contributed by atoms with E-state index in [-0.39, 0.29) is 30.0 Å². The van der Waals surface area contributed by atoms with Crippen LogP contribution in [0.4, 0.5) is 19.1 Å². The van der Waals surface area contributed by atoms with Crippen LogP contribution in [-0.2, 0) is 11.3 Å². The molecule has 3 aromatic heterocycles. The molecule has 2 aliphatic heterocycles. The van der Waals surface area contributed by atoms with Crippen LogP contribution in [0.3, 0.4) is 0 Å². The van der Waals surface area contributed by atoms with Gasteiger partial charge in [0, 0.05) is 13.1 Å². The number of aryl methyl sites for hydroxylation is 1. The van der Waals surface area contributed by atoms with E-state index in [4.69, 9.17) is 9.47 Å². The number of nitrogens with zero attached hydrogens (tertiary/aromatic N) is 7. The van der Waals surface area contributed by atoms with Gasteiger partial charge in [0.25, 0.3) is 0 Å². The quantitative estimate of drug-likeness (QED) is 0.423. The minimum atomic E-state index is -1.10. The molecule has 0 saturated carbocycles. The van der Waals surface area contributed by atoms with Gasteiger partial charge in [0.1, 0.15) is 23.9 Å². The fraction of sp³-hybridized carbons (Fsp3) is 0.455. The SMILES string of the molecule is COc1nc(N[C@@H]2CN(C3COC3)C[C@@H]2F)nn2cc(F)c(-c3ccc4nnn(CCF)c4c3)c12. The molecule has 2 saturated heterocycles. The average molecular weight is 488 g/mol. The van der Waals surface area contributed by atoms with Crippen LogP contribution >= 0.6 is 0 Å². The number of anilines is 1. The highest BCUT2D eigenvalue weighted by Gasteiger charge is 2.39. The molecule has 10 nitrogen and oxygen atoms in total. The fourth-order valence-corrected chi connectivity index (χ4v) is 4.69. The molecule has 0 unspecified atom stereocenters. The summed E-state index contributed by atoms with van der Waals surface area (Å²) < 4.78 is 56.3. The van der Waals surface area contributed by atoms with E-state index in [0.717, 1.165) is 0 Å². The number of fused-ring (bicyclic) bond motifs is 2. The van der Waals surface area contributed by atoms with E-state index in [1.165, 1.54) is 22.5 Å². The molecular weight excluding hydrogens is 465 g/mol. The number of ether oxygens (including phenoxy) is 2. The highest BCUT2D eigenvalue weighted by atomic mass is 19.1. The summed E-state index contributed by atoms with van der Waals surface area (Å²) in [5.41, 5.74) is 2.20. The Morgan fingerprint density at radius 1 is 1.26 bits per heavy atom. The molecule has 4 aromatic rings. The molecule has 2 fully saturated rings. The number of benzene rings is 1. The molecule has 1 aromatic carbocycles. The third-order valence-corrected chi connectivity index (χ3v) is 6.57. The Balaban J connectivity index is 1.36. The topological polar surface area (TPSA) is 94.6 Å². The van der Waals surface area contributed by atoms with Crippen molar-refractivity contribution in [1.29, 1.82) is 0 Å². The van der Waals surface area contributed by atoms with Crippen molar-refractivity contribution in [2.75, 3.05) is 45.4 Å². The van der Waals surface area contributed by atoms with Gasteiger partial charge in [-0.2, -0.15) is 4.98 Å². The van der Waals surface area contributed by atoms with Crippen LogP contribution in [0.15, 0.2) is 24.4 Å². The number of nitrogens with one attached hydrogen (secondary N) is 1. The molecule has 13 heteroatoms. The molecule has 6 rings (SSSR count). The number of hydrogen-bond donors (Lipinski definition) is 1. The van der Waals surface area contributed by atoms with Crippen LogP contribution in [0.5, 0.6) is 5.88 Å². The van der Waals surface area contributed by atoms with Crippen molar-refractivity contribution < 1.29 is 22.6 Å². The van der Waals surface area contributed by atoms with Gasteiger partial charge in [0.2, 0.25) is 11.8 Å². The van der Waals surface area contributed by atoms with Gasteiger partial charge in [0.15, 0.2) is 5.82 Å². The zero-order valence-electron chi connectivity index (χ0n) is 18.9. The number of methoxy groups -OCH3 is 1. The Morgan fingerprint density at radius 2 is 2.11 bits per heavy atom. The van der Waals surface area contributed by atoms with Crippen molar-refractivity contribution in [3.05, 3.63) is 30.2 Å². The van der Waals surface area contributed by atoms with Crippen LogP contribution in [0.2, 0.25) is 0 Å². The maximum absolute atomic E-state index is 15.2. The van der Waals surface area contributed by atoms with Crippen LogP contribution in [0.25, 0.3) is 27.7 Å². The summed E-state index contributed by atoms with van der Waals surface area (Å²) in [6, 6.07) is 4.81. The fourth-order valence-electron chi connectivity index (χ4n) is 4.69. The summed E-state index contributed by atoms with van der Waals surface area (Å²) in [5.74, 6) is -0.274. The summed E-state index contributed by atoms with van der Waals surface area (Å²) in [7, 11) is 1.43. The average Bonchev–Trinajstić information content (AvgIpc) is 3.47. The van der Waals surface area contributed by atoms with Crippen molar-refractivity contribution in [2.24, 2.45) is 0 Å². The summed E-state index contributed by atoms with van der Waals surface area (Å²) in [5, 5.41) is 15.4. The first-order valence-electron chi connectivity index (χ1n) is 11.3. The van der Waals surface area contributed by atoms with E-state index in [1.807, 2.05) is 4.90 Å². The van der Waals surface area contributed by atoms with Crippen LogP contribution in [-0.4, -0.2) is 92.8 Å². The lowest BCUT2D eigenvalue weighted by Crippen LogP contribution is -2.48. The molecule has 35 heavy (non-hydrogen) atoms. The van der Waals surface area contributed by atoms with Crippen molar-refractivity contribution in [2.45, 2.75) is 24.8 Å². The van der Waals surface area contributed by atoms with E-state index < -0.39 is 24.7 Å². The maximum Gasteiger partial charge on any atom is 0.244 e. The minimum Gasteiger partial charge on any atom is -0.479 e. The van der Waals surface area contributed by atoms with Gasteiger partial charge in [-0.15, -0.1) is 10.2 Å². The van der Waals surface area contributed by atoms with Crippen LogP contribution in [0, 0.1) is 5.82 Å². The Labute approximate surface area is 197 Å². The highest BCUT2D eigenvalue weighted by molar-refractivity contribution is 5.89. The van der Waals surface area contributed by atoms with Gasteiger partial charge in [-0.3, -0.25) is 4.90 Å². The maximum atomic E-state index is 15.2. The van der Waals surface area contributed by atoms with Crippen molar-refractivity contribution in [3.8, 4) is 17.0 Å². The highest BCUT2D eigenvalue weighted by Crippen LogP contribution is 2.35. The second-order valence-electron chi connectivity index (χ2n) is 8.71. The number of halogens is 3. The molecule has 0 amide bonds. The lowest BCUT2D eigenvalue weighted by Gasteiger charge is -2.34. The number of rotatable bonds is 7. The van der Waals surface area contributed by atoms with Gasteiger partial charge in [-0.05, 0) is 17.7 Å². The summed E-state index contributed by atoms with van der Waals surface area (Å²) in [6.45, 7) is 1.46. The Morgan fingerprint density at radius 3 is 2.86 bits per heavy atom. The third-order valence-electron chi connectivity index (χ3n) is 6.57. The molecular formula is C22H23F3N8O2. The van der Waals surface area contributed by atoms with Crippen molar-refractivity contribution >= 4 is 22.5 Å². The Hall–Kier alpha value is -3.45. The Bertz CT molecular complexity index is 1390. The number of likely N-dealkylation sites (tertiary alicyclic amines) is 1. The van der Waals surface area contributed by atoms with Crippen LogP contribution in [0.1, 0.15) is 0 Å². The van der Waals surface area contributed by atoms with Crippen molar-refractivity contribution in [1.82, 2.24) is 34.5 Å². The molecule has 0 spiro atoms. The molecule has 5 heterocycles. The molecule has 2 atom stereocenters. The normalized spacial score (nSPS) is 21.1. The first-order chi connectivity index (χ1) is 17.1. The largest absolute Gasteiger partial charge is 0.479 e. The summed E-state index contributed by atoms with van der Waals surface area (Å²) >= 11 is 0. The Kier molecular flexibility index (Phi) is 5.44. The number of hydrogen-bond acceptors (Lipinski definition) is 8. The smallest absolute Gasteiger partial charge is 0.244 e. The first-order valence-corrected chi connectivity index (χ1v) is 11.3. The molecule has 2 aliphatic rings. The predicted molar refractivity (Wildman–Crippen MR) is 120 cm³/mol. The summed E-state index contributed by atoms with van der Waals surface area (Å²) in [4.78, 5) is 6.45. The van der Waals surface area contributed by atoms with Gasteiger partial charge in [-0.25, -0.2) is 22.4 Å². The number of aromatic nitrogens is 6. The molecule has 1 N–H and O–H groups in total. The van der Waals surface area contributed by atoms with Gasteiger partial charge < -0.3 is 14.8 Å². The zero-order valence-corrected chi connectivity index (χ0v) is 18.9. The molecule has 0 aliphatic carbocycles. The lowest BCUT2D eigenvalue weighted by molar-refractivity contribution is -0.0585. The second-order valence-corrected chi connectivity index (χ2v) is 8.71. The van der Waals surface area contributed by atoms with Crippen molar-refractivity contribution in [3.63, 3.8) is 0 Å². The van der Waals surface area contributed by atoms with E-state index in [9.17, 15) is 8.78 Å². The third kappa shape index (κ3) is 3.74. The van der Waals surface area contributed by atoms with E-state index in [2.05, 4.69) is 25.7 Å². The zero-order chi connectivity index (χ0) is 24.1. The minimum absolute atomic E-state index is 0.0440. The lowest BCUT2D eigenvalue weighted by atomic mass is 10.1. The van der Waals surface area contributed by atoms with E-state index in [1.54, 1.807) is 18.2 Å². The van der Waals surface area contributed by atoms with Gasteiger partial charge in [0.05, 0.1) is 56.2 Å². The second kappa shape index (κ2) is 8.64. The first kappa shape index (κ1) is 22.0. The standard InChI is InChI=1S/C22H23F3N8O2/c1-34-21-20-19(12-2-3-16-18(6-12)32(5-4-23)30-28-16)15(25)8-33(20)29-22(27-21)26-17-9-31(7-14(17)24)13-10-35-11-13/h2-3,6,8,13-14,17H,4-5,7,9-11H2,1H3,(H,26,29)/t14-,17+/m0/s1. The van der Waals surface area contributed by atoms with Gasteiger partial charge >= 0.3 is 0 Å². The molecule has 184 valence electrons. The molecule has 0 radical (unpaired) electrons. The van der Waals surface area contributed by atoms with E-state index >= 15 is 4.39 Å². The van der Waals surface area contributed by atoms with E-state index in [0.29, 0.717) is 48.4 Å². The molecule has 0 bridgehead atoms.